The van der Waals surface area contributed by atoms with E-state index in [1.807, 2.05) is 0 Å². The molecule has 0 radical (unpaired) electrons. The zero-order valence-corrected chi connectivity index (χ0v) is 13.7. The van der Waals surface area contributed by atoms with E-state index in [9.17, 15) is 13.2 Å². The van der Waals surface area contributed by atoms with Gasteiger partial charge in [-0.2, -0.15) is 4.31 Å². The summed E-state index contributed by atoms with van der Waals surface area (Å²) in [6, 6.07) is 0. The van der Waals surface area contributed by atoms with Crippen LogP contribution in [0.5, 0.6) is 0 Å². The molecule has 1 N–H and O–H groups in total. The molecule has 5 nitrogen and oxygen atoms in total. The molecule has 1 aliphatic rings. The standard InChI is InChI=1S/C11H20Cl2N2O3S/c1-4-14-9(16)6-15(5-2)19(17,18)8-10(3)7-11(10,12)13/h4-8H2,1-3H3,(H,14,16)/t10-/m0/s1. The second-order valence-corrected chi connectivity index (χ2v) is 8.53. The van der Waals surface area contributed by atoms with Gasteiger partial charge in [0.05, 0.1) is 12.3 Å². The highest BCUT2D eigenvalue weighted by atomic mass is 35.5. The highest BCUT2D eigenvalue weighted by molar-refractivity contribution is 7.89. The molecule has 1 saturated carbocycles. The summed E-state index contributed by atoms with van der Waals surface area (Å²) in [4.78, 5) is 11.5. The van der Waals surface area contributed by atoms with Crippen molar-refractivity contribution in [1.29, 1.82) is 0 Å². The number of sulfonamides is 1. The van der Waals surface area contributed by atoms with Gasteiger partial charge in [-0.15, -0.1) is 23.2 Å². The van der Waals surface area contributed by atoms with E-state index in [1.54, 1.807) is 20.8 Å². The Morgan fingerprint density at radius 1 is 1.37 bits per heavy atom. The molecule has 0 aromatic carbocycles. The Bertz CT molecular complexity index is 453. The third kappa shape index (κ3) is 3.97. The lowest BCUT2D eigenvalue weighted by molar-refractivity contribution is -0.121. The summed E-state index contributed by atoms with van der Waals surface area (Å²) in [6.07, 6.45) is 0.445. The minimum Gasteiger partial charge on any atom is -0.355 e. The summed E-state index contributed by atoms with van der Waals surface area (Å²) in [5, 5.41) is 2.58. The van der Waals surface area contributed by atoms with Crippen LogP contribution in [0.25, 0.3) is 0 Å². The van der Waals surface area contributed by atoms with Crippen LogP contribution in [0.15, 0.2) is 0 Å². The maximum absolute atomic E-state index is 12.3. The number of halogens is 2. The number of likely N-dealkylation sites (N-methyl/N-ethyl adjacent to an activating group) is 2. The van der Waals surface area contributed by atoms with E-state index in [0.29, 0.717) is 13.0 Å². The smallest absolute Gasteiger partial charge is 0.235 e. The highest BCUT2D eigenvalue weighted by Crippen LogP contribution is 2.64. The molecule has 1 atom stereocenters. The second kappa shape index (κ2) is 5.76. The van der Waals surface area contributed by atoms with Gasteiger partial charge in [0.15, 0.2) is 0 Å². The van der Waals surface area contributed by atoms with Gasteiger partial charge in [-0.1, -0.05) is 13.8 Å². The van der Waals surface area contributed by atoms with Gasteiger partial charge in [0.25, 0.3) is 0 Å². The number of alkyl halides is 2. The number of nitrogens with one attached hydrogen (secondary N) is 1. The van der Waals surface area contributed by atoms with Crippen LogP contribution in [0.1, 0.15) is 27.2 Å². The summed E-state index contributed by atoms with van der Waals surface area (Å²) >= 11 is 11.9. The average Bonchev–Trinajstić information content (AvgIpc) is 2.72. The van der Waals surface area contributed by atoms with Gasteiger partial charge in [0, 0.05) is 18.5 Å². The molecule has 0 bridgehead atoms. The molecule has 1 aliphatic carbocycles. The number of hydrogen-bond acceptors (Lipinski definition) is 3. The summed E-state index contributed by atoms with van der Waals surface area (Å²) in [5.41, 5.74) is -0.635. The maximum atomic E-state index is 12.3. The third-order valence-electron chi connectivity index (χ3n) is 3.31. The minimum atomic E-state index is -3.55. The van der Waals surface area contributed by atoms with E-state index in [1.165, 1.54) is 0 Å². The molecule has 8 heteroatoms. The fraction of sp³-hybridized carbons (Fsp3) is 0.909. The van der Waals surface area contributed by atoms with E-state index in [4.69, 9.17) is 23.2 Å². The van der Waals surface area contributed by atoms with Crippen LogP contribution in [0, 0.1) is 5.41 Å². The summed E-state index contributed by atoms with van der Waals surface area (Å²) < 4.78 is 24.7. The predicted molar refractivity (Wildman–Crippen MR) is 76.9 cm³/mol. The Balaban J connectivity index is 2.72. The molecule has 0 aromatic heterocycles. The fourth-order valence-corrected chi connectivity index (χ4v) is 4.84. The number of rotatable bonds is 7. The molecule has 0 heterocycles. The van der Waals surface area contributed by atoms with Crippen LogP contribution >= 0.6 is 23.2 Å². The first-order valence-corrected chi connectivity index (χ1v) is 8.57. The Labute approximate surface area is 124 Å². The number of nitrogens with zero attached hydrogens (tertiary/aromatic N) is 1. The van der Waals surface area contributed by atoms with Gasteiger partial charge in [0.2, 0.25) is 15.9 Å². The zero-order chi connectivity index (χ0) is 14.9. The SMILES string of the molecule is CCNC(=O)CN(CC)S(=O)(=O)C[C@]1(C)CC1(Cl)Cl. The molecular formula is C11H20Cl2N2O3S. The number of hydrogen-bond donors (Lipinski definition) is 1. The Hall–Kier alpha value is -0.0400. The summed E-state index contributed by atoms with van der Waals surface area (Å²) in [6.45, 7) is 5.77. The molecule has 1 fully saturated rings. The molecule has 0 aromatic rings. The van der Waals surface area contributed by atoms with Crippen LogP contribution in [0.4, 0.5) is 0 Å². The number of carbonyl (C=O) groups excluding carboxylic acids is 1. The average molecular weight is 331 g/mol. The van der Waals surface area contributed by atoms with E-state index >= 15 is 0 Å². The van der Waals surface area contributed by atoms with Gasteiger partial charge in [-0.25, -0.2) is 8.42 Å². The van der Waals surface area contributed by atoms with Gasteiger partial charge in [0.1, 0.15) is 4.33 Å². The summed E-state index contributed by atoms with van der Waals surface area (Å²) in [7, 11) is -3.55. The van der Waals surface area contributed by atoms with Crippen LogP contribution in [0.3, 0.4) is 0 Å². The van der Waals surface area contributed by atoms with Gasteiger partial charge in [-0.05, 0) is 13.3 Å². The molecule has 0 aliphatic heterocycles. The van der Waals surface area contributed by atoms with E-state index < -0.39 is 19.8 Å². The molecule has 112 valence electrons. The lowest BCUT2D eigenvalue weighted by Crippen LogP contribution is -2.43. The second-order valence-electron chi connectivity index (χ2n) is 5.08. The Kier molecular flexibility index (Phi) is 5.15. The first-order chi connectivity index (χ1) is 8.58. The highest BCUT2D eigenvalue weighted by Gasteiger charge is 2.64. The van der Waals surface area contributed by atoms with Crippen molar-refractivity contribution in [3.05, 3.63) is 0 Å². The monoisotopic (exact) mass is 330 g/mol. The van der Waals surface area contributed by atoms with E-state index in [-0.39, 0.29) is 24.7 Å². The van der Waals surface area contributed by atoms with E-state index in [0.717, 1.165) is 4.31 Å². The fourth-order valence-electron chi connectivity index (χ4n) is 1.92. The molecular weight excluding hydrogens is 311 g/mol. The van der Waals surface area contributed by atoms with Crippen LogP contribution in [-0.2, 0) is 14.8 Å². The van der Waals surface area contributed by atoms with E-state index in [2.05, 4.69) is 5.32 Å². The summed E-state index contributed by atoms with van der Waals surface area (Å²) in [5.74, 6) is -0.447. The Morgan fingerprint density at radius 2 is 1.89 bits per heavy atom. The van der Waals surface area contributed by atoms with Crippen molar-refractivity contribution in [3.8, 4) is 0 Å². The lowest BCUT2D eigenvalue weighted by Gasteiger charge is -2.22. The van der Waals surface area contributed by atoms with Crippen molar-refractivity contribution in [2.45, 2.75) is 31.5 Å². The topological polar surface area (TPSA) is 66.5 Å². The van der Waals surface area contributed by atoms with Crippen molar-refractivity contribution in [2.75, 3.05) is 25.4 Å². The van der Waals surface area contributed by atoms with Crippen molar-refractivity contribution in [2.24, 2.45) is 5.41 Å². The third-order valence-corrected chi connectivity index (χ3v) is 6.67. The van der Waals surface area contributed by atoms with Crippen molar-refractivity contribution >= 4 is 39.1 Å². The van der Waals surface area contributed by atoms with Crippen molar-refractivity contribution in [3.63, 3.8) is 0 Å². The number of amides is 1. The lowest BCUT2D eigenvalue weighted by atomic mass is 10.2. The zero-order valence-electron chi connectivity index (χ0n) is 11.4. The number of carbonyl (C=O) groups is 1. The molecule has 1 rings (SSSR count). The molecule has 19 heavy (non-hydrogen) atoms. The molecule has 0 unspecified atom stereocenters. The van der Waals surface area contributed by atoms with Crippen LogP contribution < -0.4 is 5.32 Å². The molecule has 0 saturated heterocycles. The van der Waals surface area contributed by atoms with Gasteiger partial charge >= 0.3 is 0 Å². The van der Waals surface area contributed by atoms with Crippen molar-refractivity contribution in [1.82, 2.24) is 9.62 Å². The quantitative estimate of drug-likeness (QED) is 0.716. The van der Waals surface area contributed by atoms with Crippen molar-refractivity contribution < 1.29 is 13.2 Å². The van der Waals surface area contributed by atoms with Gasteiger partial charge in [-0.3, -0.25) is 4.79 Å². The maximum Gasteiger partial charge on any atom is 0.235 e. The molecule has 0 spiro atoms. The van der Waals surface area contributed by atoms with Gasteiger partial charge < -0.3 is 5.32 Å². The molecule has 1 amide bonds. The van der Waals surface area contributed by atoms with Crippen LogP contribution in [-0.4, -0.2) is 48.4 Å². The first kappa shape index (κ1) is 17.0. The largest absolute Gasteiger partial charge is 0.355 e. The Morgan fingerprint density at radius 3 is 2.26 bits per heavy atom. The minimum absolute atomic E-state index is 0.139. The van der Waals surface area contributed by atoms with Crippen LogP contribution in [0.2, 0.25) is 0 Å². The normalized spacial score (nSPS) is 25.4. The first-order valence-electron chi connectivity index (χ1n) is 6.20. The predicted octanol–water partition coefficient (Wildman–Crippen LogP) is 1.36.